The number of hydrogen-bond donors (Lipinski definition) is 3. The van der Waals surface area contributed by atoms with Gasteiger partial charge in [0.15, 0.2) is 0 Å². The summed E-state index contributed by atoms with van der Waals surface area (Å²) in [5.41, 5.74) is 0. The Morgan fingerprint density at radius 2 is 1.33 bits per heavy atom. The number of isocyanates is 2. The molecule has 0 fully saturated rings. The molecular weight excluding hydrogens is 389 g/mol. The summed E-state index contributed by atoms with van der Waals surface area (Å²) in [7, 11) is -2.51. The Morgan fingerprint density at radius 3 is 1.48 bits per heavy atom. The van der Waals surface area contributed by atoms with E-state index in [-0.39, 0.29) is 29.6 Å². The molecule has 0 aliphatic heterocycles. The molecule has 0 aromatic rings. The van der Waals surface area contributed by atoms with E-state index in [9.17, 15) is 13.8 Å². The number of carboxylic acid groups (broad SMARTS) is 2. The molecule has 11 nitrogen and oxygen atoms in total. The van der Waals surface area contributed by atoms with Crippen LogP contribution in [0.1, 0.15) is 0 Å². The Balaban J connectivity index is -0.000000106. The first-order chi connectivity index (χ1) is 9.06. The molecule has 0 saturated carbocycles. The van der Waals surface area contributed by atoms with Crippen LogP contribution in [0.2, 0.25) is 0 Å². The summed E-state index contributed by atoms with van der Waals surface area (Å²) in [5.74, 6) is -3.65. The van der Waals surface area contributed by atoms with Crippen LogP contribution in [0.25, 0.3) is 0 Å². The van der Waals surface area contributed by atoms with E-state index < -0.39 is 19.8 Å². The van der Waals surface area contributed by atoms with Crippen molar-refractivity contribution in [3.8, 4) is 0 Å². The van der Waals surface area contributed by atoms with E-state index in [0.717, 1.165) is 31.8 Å². The molecule has 1 atom stereocenters. The molecule has 0 aliphatic carbocycles. The minimum atomic E-state index is -5.39. The Hall–Kier alpha value is -0.170. The molecule has 1 unspecified atom stereocenters. The molecule has 0 bridgehead atoms. The standard InChI is InChI=1S/C2N2O2S3.C2H2O4.FH2O3P.Na/c5-1-3-7-9-8-4-2-6;3-1(4)2(5)6;1-5(2,3)4;/h;(H,3,4)(H,5,6);(H2,2,3,4);/q;;;+1/p-1. The van der Waals surface area contributed by atoms with Gasteiger partial charge in [0, 0.05) is 9.83 Å². The predicted molar refractivity (Wildman–Crippen MR) is 65.2 cm³/mol. The Labute approximate surface area is 149 Å². The number of carbonyl (C=O) groups excluding carboxylic acids is 2. The van der Waals surface area contributed by atoms with E-state index in [4.69, 9.17) is 34.2 Å². The molecule has 21 heavy (non-hydrogen) atoms. The van der Waals surface area contributed by atoms with Gasteiger partial charge in [-0.25, -0.2) is 19.2 Å². The molecule has 17 heteroatoms. The maximum atomic E-state index is 10.2. The van der Waals surface area contributed by atoms with Gasteiger partial charge in [-0.3, -0.25) is 4.57 Å². The molecule has 0 heterocycles. The zero-order valence-corrected chi connectivity index (χ0v) is 15.1. The van der Waals surface area contributed by atoms with Crippen LogP contribution in [0.15, 0.2) is 8.80 Å². The third-order valence-electron chi connectivity index (χ3n) is 0.393. The van der Waals surface area contributed by atoms with Crippen molar-refractivity contribution >= 4 is 63.8 Å². The van der Waals surface area contributed by atoms with Gasteiger partial charge in [0.05, 0.1) is 22.0 Å². The van der Waals surface area contributed by atoms with E-state index in [0.29, 0.717) is 0 Å². The van der Waals surface area contributed by atoms with Crippen molar-refractivity contribution in [1.29, 1.82) is 0 Å². The predicted octanol–water partition coefficient (Wildman–Crippen LogP) is -2.91. The Morgan fingerprint density at radius 1 is 1.10 bits per heavy atom. The first kappa shape index (κ1) is 28.9. The number of aliphatic carboxylic acids is 2. The van der Waals surface area contributed by atoms with E-state index in [1.54, 1.807) is 0 Å². The summed E-state index contributed by atoms with van der Waals surface area (Å²) in [5, 5.41) is 14.8. The molecule has 0 saturated heterocycles. The summed E-state index contributed by atoms with van der Waals surface area (Å²) in [6, 6.07) is 0. The van der Waals surface area contributed by atoms with Gasteiger partial charge < -0.3 is 20.0 Å². The third-order valence-corrected chi connectivity index (χ3v) is 2.72. The molecule has 0 rings (SSSR count). The molecule has 0 aromatic heterocycles. The number of hydrogen-bond acceptors (Lipinski definition) is 11. The van der Waals surface area contributed by atoms with Gasteiger partial charge in [-0.05, 0) is 0 Å². The molecular formula is C4H3FN2NaO9PS3. The van der Waals surface area contributed by atoms with Crippen molar-refractivity contribution in [3.63, 3.8) is 0 Å². The molecule has 0 amide bonds. The second kappa shape index (κ2) is 19.8. The van der Waals surface area contributed by atoms with Crippen LogP contribution < -0.4 is 34.5 Å². The van der Waals surface area contributed by atoms with Crippen molar-refractivity contribution in [2.75, 3.05) is 0 Å². The van der Waals surface area contributed by atoms with Gasteiger partial charge in [0.2, 0.25) is 12.2 Å². The fraction of sp³-hybridized carbons (Fsp3) is 0. The summed E-state index contributed by atoms with van der Waals surface area (Å²) in [6.07, 6.45) is 2.62. The van der Waals surface area contributed by atoms with Crippen molar-refractivity contribution in [1.82, 2.24) is 0 Å². The normalized spacial score (nSPS) is 10.2. The monoisotopic (exact) mass is 392 g/mol. The summed E-state index contributed by atoms with van der Waals surface area (Å²) < 4.78 is 25.0. The van der Waals surface area contributed by atoms with Gasteiger partial charge in [-0.15, -0.1) is 8.80 Å². The zero-order valence-electron chi connectivity index (χ0n) is 9.74. The van der Waals surface area contributed by atoms with E-state index in [1.165, 1.54) is 12.2 Å². The van der Waals surface area contributed by atoms with Crippen LogP contribution >= 0.6 is 39.7 Å². The Kier molecular flexibility index (Phi) is 27.3. The van der Waals surface area contributed by atoms with Crippen molar-refractivity contribution in [3.05, 3.63) is 0 Å². The van der Waals surface area contributed by atoms with Crippen molar-refractivity contribution in [2.45, 2.75) is 0 Å². The summed E-state index contributed by atoms with van der Waals surface area (Å²) >= 11 is 0. The number of rotatable bonds is 4. The maximum Gasteiger partial charge on any atom is 1.00 e. The maximum absolute atomic E-state index is 10.2. The second-order valence-electron chi connectivity index (χ2n) is 1.64. The van der Waals surface area contributed by atoms with Gasteiger partial charge in [0.1, 0.15) is 0 Å². The van der Waals surface area contributed by atoms with E-state index >= 15 is 0 Å². The quantitative estimate of drug-likeness (QED) is 0.0646. The van der Waals surface area contributed by atoms with Crippen LogP contribution in [-0.4, -0.2) is 39.2 Å². The molecule has 3 N–H and O–H groups in total. The largest absolute Gasteiger partial charge is 1.00 e. The van der Waals surface area contributed by atoms with Crippen LogP contribution in [0, 0.1) is 0 Å². The van der Waals surface area contributed by atoms with Crippen LogP contribution in [0.3, 0.4) is 0 Å². The molecule has 0 spiro atoms. The number of carbonyl (C=O) groups is 2. The number of nitrogens with zero attached hydrogens (tertiary/aromatic N) is 2. The SMILES string of the molecule is O=C(O)C(=O)O.O=C=NSSSN=C=O.O=P([O-])(O)F.[Na+]. The molecule has 114 valence electrons. The van der Waals surface area contributed by atoms with Crippen molar-refractivity contribution < 1.29 is 77.5 Å². The van der Waals surface area contributed by atoms with E-state index in [2.05, 4.69) is 8.80 Å². The minimum absolute atomic E-state index is 0. The van der Waals surface area contributed by atoms with Gasteiger partial charge >= 0.3 is 49.4 Å². The number of carboxylic acids is 2. The topological polar surface area (TPSA) is 194 Å². The minimum Gasteiger partial charge on any atom is -0.753 e. The van der Waals surface area contributed by atoms with Crippen LogP contribution in [0.5, 0.6) is 0 Å². The fourth-order valence-electron chi connectivity index (χ4n) is 0.0745. The first-order valence-corrected chi connectivity index (χ1v) is 8.26. The van der Waals surface area contributed by atoms with Gasteiger partial charge in [0.25, 0.3) is 0 Å². The van der Waals surface area contributed by atoms with E-state index in [1.807, 2.05) is 0 Å². The molecule has 0 radical (unpaired) electrons. The summed E-state index contributed by atoms with van der Waals surface area (Å²) in [6.45, 7) is 0. The number of halogens is 1. The van der Waals surface area contributed by atoms with Gasteiger partial charge in [-0.2, -0.15) is 4.20 Å². The fourth-order valence-corrected chi connectivity index (χ4v) is 1.46. The zero-order chi connectivity index (χ0) is 16.6. The average Bonchev–Trinajstić information content (AvgIpc) is 2.27. The van der Waals surface area contributed by atoms with Gasteiger partial charge in [-0.1, -0.05) is 0 Å². The van der Waals surface area contributed by atoms with Crippen molar-refractivity contribution in [2.24, 2.45) is 8.80 Å². The van der Waals surface area contributed by atoms with Crippen LogP contribution in [0.4, 0.5) is 4.20 Å². The molecule has 0 aliphatic rings. The first-order valence-electron chi connectivity index (χ1n) is 3.39. The second-order valence-corrected chi connectivity index (χ2v) is 5.87. The smallest absolute Gasteiger partial charge is 0.753 e. The van der Waals surface area contributed by atoms with Crippen LogP contribution in [-0.2, 0) is 23.7 Å². The average molecular weight is 392 g/mol. The third kappa shape index (κ3) is 65.2. The Bertz CT molecular complexity index is 410. The summed E-state index contributed by atoms with van der Waals surface area (Å²) in [4.78, 5) is 52.4. The molecule has 0 aromatic carbocycles.